The number of hydrogen-bond donors (Lipinski definition) is 4. The topological polar surface area (TPSA) is 117 Å². The molecule has 0 bridgehead atoms. The van der Waals surface area contributed by atoms with Crippen LogP contribution in [0.3, 0.4) is 0 Å². The molecule has 22 heavy (non-hydrogen) atoms. The van der Waals surface area contributed by atoms with Gasteiger partial charge in [-0.15, -0.1) is 0 Å². The summed E-state index contributed by atoms with van der Waals surface area (Å²) in [6.07, 6.45) is 5.09. The highest BCUT2D eigenvalue weighted by molar-refractivity contribution is 5.94. The molecule has 7 heteroatoms. The number of aromatic amines is 1. The summed E-state index contributed by atoms with van der Waals surface area (Å²) in [6, 6.07) is 3.11. The molecule has 1 aromatic heterocycles. The SMILES string of the molecule is NCCC(=O)NC1CCC(NC(=O)c2ccc(=O)[nH]c2)CC1. The van der Waals surface area contributed by atoms with E-state index in [-0.39, 0.29) is 29.5 Å². The summed E-state index contributed by atoms with van der Waals surface area (Å²) in [4.78, 5) is 37.0. The summed E-state index contributed by atoms with van der Waals surface area (Å²) in [6.45, 7) is 0.358. The summed E-state index contributed by atoms with van der Waals surface area (Å²) in [7, 11) is 0. The van der Waals surface area contributed by atoms with E-state index in [4.69, 9.17) is 5.73 Å². The van der Waals surface area contributed by atoms with Gasteiger partial charge in [-0.2, -0.15) is 0 Å². The molecule has 1 aliphatic carbocycles. The first-order valence-corrected chi connectivity index (χ1v) is 7.57. The van der Waals surface area contributed by atoms with Crippen molar-refractivity contribution >= 4 is 11.8 Å². The molecule has 120 valence electrons. The fourth-order valence-electron chi connectivity index (χ4n) is 2.63. The van der Waals surface area contributed by atoms with Gasteiger partial charge in [-0.25, -0.2) is 0 Å². The average Bonchev–Trinajstić information content (AvgIpc) is 2.50. The van der Waals surface area contributed by atoms with Crippen LogP contribution in [0, 0.1) is 0 Å². The number of aromatic nitrogens is 1. The van der Waals surface area contributed by atoms with Crippen molar-refractivity contribution < 1.29 is 9.59 Å². The molecule has 1 aromatic rings. The van der Waals surface area contributed by atoms with Crippen molar-refractivity contribution in [1.82, 2.24) is 15.6 Å². The lowest BCUT2D eigenvalue weighted by molar-refractivity contribution is -0.121. The standard InChI is InChI=1S/C15H22N4O3/c16-8-7-14(21)18-11-2-4-12(5-3-11)19-15(22)10-1-6-13(20)17-9-10/h1,6,9,11-12H,2-5,7-8,16H2,(H,17,20)(H,18,21)(H,19,22). The van der Waals surface area contributed by atoms with Gasteiger partial charge in [0, 0.05) is 37.3 Å². The minimum absolute atomic E-state index is 0.0109. The largest absolute Gasteiger partial charge is 0.353 e. The molecule has 7 nitrogen and oxygen atoms in total. The van der Waals surface area contributed by atoms with E-state index in [1.165, 1.54) is 18.3 Å². The molecule has 0 unspecified atom stereocenters. The van der Waals surface area contributed by atoms with Crippen LogP contribution in [0.5, 0.6) is 0 Å². The Labute approximate surface area is 128 Å². The number of nitrogens with one attached hydrogen (secondary N) is 3. The second-order valence-corrected chi connectivity index (χ2v) is 5.57. The lowest BCUT2D eigenvalue weighted by Gasteiger charge is -2.29. The molecular weight excluding hydrogens is 284 g/mol. The fourth-order valence-corrected chi connectivity index (χ4v) is 2.63. The molecule has 0 atom stereocenters. The van der Waals surface area contributed by atoms with Crippen molar-refractivity contribution in [2.75, 3.05) is 6.54 Å². The molecule has 5 N–H and O–H groups in total. The van der Waals surface area contributed by atoms with E-state index >= 15 is 0 Å². The van der Waals surface area contributed by atoms with Crippen LogP contribution in [-0.4, -0.2) is 35.4 Å². The first kappa shape index (κ1) is 16.2. The molecule has 0 aromatic carbocycles. The average molecular weight is 306 g/mol. The predicted octanol–water partition coefficient (Wildman–Crippen LogP) is -0.119. The van der Waals surface area contributed by atoms with Gasteiger partial charge < -0.3 is 21.4 Å². The first-order valence-electron chi connectivity index (χ1n) is 7.57. The zero-order valence-corrected chi connectivity index (χ0v) is 12.4. The van der Waals surface area contributed by atoms with Crippen molar-refractivity contribution in [2.24, 2.45) is 5.73 Å². The third-order valence-corrected chi connectivity index (χ3v) is 3.85. The van der Waals surface area contributed by atoms with Crippen molar-refractivity contribution in [2.45, 2.75) is 44.2 Å². The minimum atomic E-state index is -0.231. The highest BCUT2D eigenvalue weighted by Gasteiger charge is 2.23. The molecule has 1 heterocycles. The van der Waals surface area contributed by atoms with Crippen LogP contribution in [0.25, 0.3) is 0 Å². The van der Waals surface area contributed by atoms with E-state index in [0.29, 0.717) is 18.5 Å². The molecule has 1 aliphatic rings. The van der Waals surface area contributed by atoms with Crippen LogP contribution < -0.4 is 21.9 Å². The summed E-state index contributed by atoms with van der Waals surface area (Å²) in [5.41, 5.74) is 5.56. The zero-order valence-electron chi connectivity index (χ0n) is 12.4. The van der Waals surface area contributed by atoms with E-state index in [9.17, 15) is 14.4 Å². The number of carbonyl (C=O) groups is 2. The lowest BCUT2D eigenvalue weighted by atomic mass is 9.91. The molecule has 2 amide bonds. The second-order valence-electron chi connectivity index (χ2n) is 5.57. The number of rotatable bonds is 5. The molecule has 0 spiro atoms. The van der Waals surface area contributed by atoms with Gasteiger partial charge in [0.25, 0.3) is 5.91 Å². The number of hydrogen-bond acceptors (Lipinski definition) is 4. The second kappa shape index (κ2) is 7.74. The third kappa shape index (κ3) is 4.70. The number of carbonyl (C=O) groups excluding carboxylic acids is 2. The normalized spacial score (nSPS) is 21.1. The van der Waals surface area contributed by atoms with Crippen LogP contribution in [0.2, 0.25) is 0 Å². The van der Waals surface area contributed by atoms with Crippen LogP contribution >= 0.6 is 0 Å². The molecule has 1 saturated carbocycles. The maximum absolute atomic E-state index is 12.1. The monoisotopic (exact) mass is 306 g/mol. The van der Waals surface area contributed by atoms with Crippen molar-refractivity contribution in [3.05, 3.63) is 34.2 Å². The van der Waals surface area contributed by atoms with Crippen molar-refractivity contribution in [3.8, 4) is 0 Å². The van der Waals surface area contributed by atoms with Gasteiger partial charge in [0.05, 0.1) is 5.56 Å². The Hall–Kier alpha value is -2.15. The molecule has 0 aliphatic heterocycles. The molecular formula is C15H22N4O3. The Morgan fingerprint density at radius 1 is 1.14 bits per heavy atom. The van der Waals surface area contributed by atoms with Gasteiger partial charge in [0.1, 0.15) is 0 Å². The molecule has 0 radical (unpaired) electrons. The maximum atomic E-state index is 12.1. The maximum Gasteiger partial charge on any atom is 0.252 e. The number of nitrogens with two attached hydrogens (primary N) is 1. The third-order valence-electron chi connectivity index (χ3n) is 3.85. The van der Waals surface area contributed by atoms with Gasteiger partial charge in [-0.1, -0.05) is 0 Å². The number of amides is 2. The molecule has 1 fully saturated rings. The molecule has 2 rings (SSSR count). The van der Waals surface area contributed by atoms with Crippen LogP contribution in [0.4, 0.5) is 0 Å². The van der Waals surface area contributed by atoms with E-state index in [1.807, 2.05) is 0 Å². The van der Waals surface area contributed by atoms with Gasteiger partial charge in [0.2, 0.25) is 11.5 Å². The zero-order chi connectivity index (χ0) is 15.9. The minimum Gasteiger partial charge on any atom is -0.353 e. The smallest absolute Gasteiger partial charge is 0.252 e. The van der Waals surface area contributed by atoms with Gasteiger partial charge in [-0.3, -0.25) is 14.4 Å². The van der Waals surface area contributed by atoms with E-state index in [1.54, 1.807) is 0 Å². The Morgan fingerprint density at radius 2 is 1.77 bits per heavy atom. The van der Waals surface area contributed by atoms with Gasteiger partial charge >= 0.3 is 0 Å². The quantitative estimate of drug-likeness (QED) is 0.606. The summed E-state index contributed by atoms with van der Waals surface area (Å²) in [5, 5.41) is 5.92. The Kier molecular flexibility index (Phi) is 5.71. The van der Waals surface area contributed by atoms with E-state index in [2.05, 4.69) is 15.6 Å². The summed E-state index contributed by atoms with van der Waals surface area (Å²) in [5.74, 6) is -0.199. The van der Waals surface area contributed by atoms with Crippen LogP contribution in [-0.2, 0) is 4.79 Å². The lowest BCUT2D eigenvalue weighted by Crippen LogP contribution is -2.44. The van der Waals surface area contributed by atoms with Crippen LogP contribution in [0.1, 0.15) is 42.5 Å². The van der Waals surface area contributed by atoms with Crippen LogP contribution in [0.15, 0.2) is 23.1 Å². The fraction of sp³-hybridized carbons (Fsp3) is 0.533. The summed E-state index contributed by atoms with van der Waals surface area (Å²) >= 11 is 0. The highest BCUT2D eigenvalue weighted by atomic mass is 16.2. The van der Waals surface area contributed by atoms with Crippen molar-refractivity contribution in [3.63, 3.8) is 0 Å². The highest BCUT2D eigenvalue weighted by Crippen LogP contribution is 2.19. The summed E-state index contributed by atoms with van der Waals surface area (Å²) < 4.78 is 0. The Morgan fingerprint density at radius 3 is 2.32 bits per heavy atom. The number of pyridine rings is 1. The number of H-pyrrole nitrogens is 1. The predicted molar refractivity (Wildman–Crippen MR) is 82.4 cm³/mol. The van der Waals surface area contributed by atoms with Gasteiger partial charge in [-0.05, 0) is 31.7 Å². The first-order chi connectivity index (χ1) is 10.6. The van der Waals surface area contributed by atoms with E-state index < -0.39 is 0 Å². The Balaban J connectivity index is 1.77. The van der Waals surface area contributed by atoms with E-state index in [0.717, 1.165) is 25.7 Å². The van der Waals surface area contributed by atoms with Gasteiger partial charge in [0.15, 0.2) is 0 Å². The molecule has 0 saturated heterocycles. The van der Waals surface area contributed by atoms with Crippen molar-refractivity contribution in [1.29, 1.82) is 0 Å². The Bertz CT molecular complexity index is 556.